The van der Waals surface area contributed by atoms with Crippen molar-refractivity contribution in [3.8, 4) is 5.75 Å². The number of amides is 2. The van der Waals surface area contributed by atoms with Crippen LogP contribution in [0.1, 0.15) is 27.9 Å². The highest BCUT2D eigenvalue weighted by Gasteiger charge is 2.24. The van der Waals surface area contributed by atoms with E-state index in [1.807, 2.05) is 96.0 Å². The number of rotatable bonds is 13. The van der Waals surface area contributed by atoms with Gasteiger partial charge >= 0.3 is 0 Å². The summed E-state index contributed by atoms with van der Waals surface area (Å²) in [4.78, 5) is 34.8. The predicted octanol–water partition coefficient (Wildman–Crippen LogP) is 6.08. The third-order valence-electron chi connectivity index (χ3n) is 7.64. The number of ether oxygens (including phenoxy) is 2. The van der Waals surface area contributed by atoms with Crippen LogP contribution in [0.4, 0.5) is 0 Å². The number of H-pyrrole nitrogens is 1. The van der Waals surface area contributed by atoms with Gasteiger partial charge in [0.25, 0.3) is 5.91 Å². The molecule has 42 heavy (non-hydrogen) atoms. The minimum absolute atomic E-state index is 0.0329. The molecule has 0 saturated heterocycles. The summed E-state index contributed by atoms with van der Waals surface area (Å²) in [7, 11) is 3.28. The molecule has 5 rings (SSSR count). The molecule has 1 heterocycles. The number of para-hydroxylation sites is 2. The molecule has 0 fully saturated rings. The summed E-state index contributed by atoms with van der Waals surface area (Å²) in [5.41, 5.74) is 3.72. The van der Waals surface area contributed by atoms with Gasteiger partial charge < -0.3 is 24.3 Å². The van der Waals surface area contributed by atoms with E-state index >= 15 is 0 Å². The van der Waals surface area contributed by atoms with Gasteiger partial charge in [-0.3, -0.25) is 9.59 Å². The number of benzene rings is 4. The molecule has 0 unspecified atom stereocenters. The molecule has 0 atom stereocenters. The molecule has 1 N–H and O–H groups in total. The molecule has 0 radical (unpaired) electrons. The van der Waals surface area contributed by atoms with Crippen LogP contribution < -0.4 is 4.74 Å². The fourth-order valence-electron chi connectivity index (χ4n) is 5.42. The highest BCUT2D eigenvalue weighted by molar-refractivity contribution is 6.07. The number of carbonyl (C=O) groups is 2. The molecular weight excluding hydrogens is 526 g/mol. The van der Waals surface area contributed by atoms with Gasteiger partial charge in [-0.15, -0.1) is 0 Å². The Bertz CT molecular complexity index is 1660. The molecule has 216 valence electrons. The number of methoxy groups -OCH3 is 2. The average molecular weight is 564 g/mol. The molecule has 4 aromatic carbocycles. The maximum absolute atomic E-state index is 14.1. The number of nitrogens with zero attached hydrogens (tertiary/aromatic N) is 2. The maximum atomic E-state index is 14.1. The Balaban J connectivity index is 1.41. The van der Waals surface area contributed by atoms with E-state index < -0.39 is 0 Å². The second-order valence-electron chi connectivity index (χ2n) is 10.3. The molecule has 5 aromatic rings. The van der Waals surface area contributed by atoms with Crippen molar-refractivity contribution >= 4 is 33.5 Å². The van der Waals surface area contributed by atoms with Gasteiger partial charge in [0.15, 0.2) is 0 Å². The molecule has 7 nitrogen and oxygen atoms in total. The van der Waals surface area contributed by atoms with E-state index in [0.29, 0.717) is 44.6 Å². The summed E-state index contributed by atoms with van der Waals surface area (Å²) >= 11 is 0. The maximum Gasteiger partial charge on any atom is 0.254 e. The van der Waals surface area contributed by atoms with Gasteiger partial charge in [-0.2, -0.15) is 0 Å². The van der Waals surface area contributed by atoms with Crippen LogP contribution in [-0.4, -0.2) is 67.1 Å². The lowest BCUT2D eigenvalue weighted by molar-refractivity contribution is -0.132. The third-order valence-corrected chi connectivity index (χ3v) is 7.64. The normalized spacial score (nSPS) is 11.1. The first-order valence-corrected chi connectivity index (χ1v) is 14.3. The number of aromatic amines is 1. The first-order valence-electron chi connectivity index (χ1n) is 14.3. The summed E-state index contributed by atoms with van der Waals surface area (Å²) in [6.45, 7) is 1.74. The smallest absolute Gasteiger partial charge is 0.254 e. The molecule has 0 saturated carbocycles. The first kappa shape index (κ1) is 28.9. The largest absolute Gasteiger partial charge is 0.496 e. The lowest BCUT2D eigenvalue weighted by Crippen LogP contribution is -2.44. The van der Waals surface area contributed by atoms with Gasteiger partial charge in [0.05, 0.1) is 7.11 Å². The van der Waals surface area contributed by atoms with E-state index in [9.17, 15) is 9.59 Å². The standard InChI is InChI=1S/C35H37N3O4/c1-41-22-10-20-38(35(40)31-16-9-13-26-11-3-5-14-29(26)31)25-34(39)37(24-28-12-4-8-18-33(28)42-2)21-19-27-23-36-32-17-7-6-15-30(27)32/h3-9,11-18,23,36H,10,19-22,24-25H2,1-2H3. The average Bonchev–Trinajstić information content (AvgIpc) is 3.45. The molecule has 0 aliphatic carbocycles. The van der Waals surface area contributed by atoms with Gasteiger partial charge in [-0.1, -0.05) is 72.8 Å². The van der Waals surface area contributed by atoms with Crippen molar-refractivity contribution in [1.29, 1.82) is 0 Å². The quantitative estimate of drug-likeness (QED) is 0.176. The summed E-state index contributed by atoms with van der Waals surface area (Å²) in [6.07, 6.45) is 3.31. The van der Waals surface area contributed by atoms with Gasteiger partial charge in [-0.25, -0.2) is 0 Å². The first-order chi connectivity index (χ1) is 20.6. The van der Waals surface area contributed by atoms with E-state index in [1.165, 1.54) is 0 Å². The fraction of sp³-hybridized carbons (Fsp3) is 0.257. The van der Waals surface area contributed by atoms with Crippen LogP contribution in [0.3, 0.4) is 0 Å². The van der Waals surface area contributed by atoms with E-state index in [-0.39, 0.29) is 18.4 Å². The van der Waals surface area contributed by atoms with Gasteiger partial charge in [0.2, 0.25) is 5.91 Å². The van der Waals surface area contributed by atoms with Crippen molar-refractivity contribution in [3.63, 3.8) is 0 Å². The summed E-state index contributed by atoms with van der Waals surface area (Å²) < 4.78 is 10.9. The van der Waals surface area contributed by atoms with Crippen molar-refractivity contribution < 1.29 is 19.1 Å². The van der Waals surface area contributed by atoms with E-state index in [1.54, 1.807) is 19.1 Å². The van der Waals surface area contributed by atoms with Crippen LogP contribution in [0, 0.1) is 0 Å². The Morgan fingerprint density at radius 1 is 0.762 bits per heavy atom. The summed E-state index contributed by atoms with van der Waals surface area (Å²) in [5.74, 6) is 0.447. The molecule has 1 aromatic heterocycles. The third kappa shape index (κ3) is 6.64. The summed E-state index contributed by atoms with van der Waals surface area (Å²) in [5, 5.41) is 3.01. The number of hydrogen-bond acceptors (Lipinski definition) is 4. The molecule has 2 amide bonds. The van der Waals surface area contributed by atoms with Crippen LogP contribution >= 0.6 is 0 Å². The lowest BCUT2D eigenvalue weighted by Gasteiger charge is -2.28. The Labute approximate surface area is 246 Å². The number of fused-ring (bicyclic) bond motifs is 2. The van der Waals surface area contributed by atoms with E-state index in [2.05, 4.69) is 11.1 Å². The van der Waals surface area contributed by atoms with Crippen molar-refractivity contribution in [3.05, 3.63) is 114 Å². The molecule has 0 aliphatic heterocycles. The lowest BCUT2D eigenvalue weighted by atomic mass is 10.0. The van der Waals surface area contributed by atoms with E-state index in [4.69, 9.17) is 9.47 Å². The molecular formula is C35H37N3O4. The second-order valence-corrected chi connectivity index (χ2v) is 10.3. The zero-order valence-electron chi connectivity index (χ0n) is 24.2. The van der Waals surface area contributed by atoms with Crippen LogP contribution in [-0.2, 0) is 22.5 Å². The Morgan fingerprint density at radius 3 is 2.33 bits per heavy atom. The van der Waals surface area contributed by atoms with Gasteiger partial charge in [0, 0.05) is 61.6 Å². The minimum atomic E-state index is -0.162. The zero-order chi connectivity index (χ0) is 29.3. The number of aromatic nitrogens is 1. The Morgan fingerprint density at radius 2 is 1.50 bits per heavy atom. The molecule has 0 bridgehead atoms. The SMILES string of the molecule is COCCCN(CC(=O)N(CCc1c[nH]c2ccccc12)Cc1ccccc1OC)C(=O)c1cccc2ccccc12. The van der Waals surface area contributed by atoms with E-state index in [0.717, 1.165) is 38.6 Å². The van der Waals surface area contributed by atoms with Crippen LogP contribution in [0.15, 0.2) is 97.2 Å². The van der Waals surface area contributed by atoms with Crippen molar-refractivity contribution in [2.45, 2.75) is 19.4 Å². The van der Waals surface area contributed by atoms with Crippen molar-refractivity contribution in [2.75, 3.05) is 40.5 Å². The molecule has 0 aliphatic rings. The number of carbonyl (C=O) groups excluding carboxylic acids is 2. The fourth-order valence-corrected chi connectivity index (χ4v) is 5.42. The topological polar surface area (TPSA) is 74.9 Å². The highest BCUT2D eigenvalue weighted by Crippen LogP contribution is 2.23. The minimum Gasteiger partial charge on any atom is -0.496 e. The van der Waals surface area contributed by atoms with Crippen LogP contribution in [0.25, 0.3) is 21.7 Å². The van der Waals surface area contributed by atoms with Gasteiger partial charge in [-0.05, 0) is 47.4 Å². The Kier molecular flexibility index (Phi) is 9.51. The summed E-state index contributed by atoms with van der Waals surface area (Å²) in [6, 6.07) is 29.5. The highest BCUT2D eigenvalue weighted by atomic mass is 16.5. The number of nitrogens with one attached hydrogen (secondary N) is 1. The second kappa shape index (κ2) is 13.8. The van der Waals surface area contributed by atoms with Crippen LogP contribution in [0.2, 0.25) is 0 Å². The molecule has 7 heteroatoms. The monoisotopic (exact) mass is 563 g/mol. The zero-order valence-corrected chi connectivity index (χ0v) is 24.2. The predicted molar refractivity (Wildman–Crippen MR) is 167 cm³/mol. The van der Waals surface area contributed by atoms with Gasteiger partial charge in [0.1, 0.15) is 12.3 Å². The Hall–Kier alpha value is -4.62. The van der Waals surface area contributed by atoms with Crippen LogP contribution in [0.5, 0.6) is 5.75 Å². The number of hydrogen-bond donors (Lipinski definition) is 1. The van der Waals surface area contributed by atoms with Crippen molar-refractivity contribution in [2.24, 2.45) is 0 Å². The van der Waals surface area contributed by atoms with Crippen molar-refractivity contribution in [1.82, 2.24) is 14.8 Å². The molecule has 0 spiro atoms.